The predicted octanol–water partition coefficient (Wildman–Crippen LogP) is 3.86. The lowest BCUT2D eigenvalue weighted by Gasteiger charge is -2.14. The van der Waals surface area contributed by atoms with Crippen molar-refractivity contribution >= 4 is 40.8 Å². The Bertz CT molecular complexity index is 818. The van der Waals surface area contributed by atoms with Crippen molar-refractivity contribution in [3.05, 3.63) is 70.1 Å². The largest absolute Gasteiger partial charge is 0.383 e. The third-order valence-corrected chi connectivity index (χ3v) is 5.08. The van der Waals surface area contributed by atoms with Gasteiger partial charge in [-0.05, 0) is 29.8 Å². The summed E-state index contributed by atoms with van der Waals surface area (Å²) in [7, 11) is 1.54. The fourth-order valence-corrected chi connectivity index (χ4v) is 3.65. The van der Waals surface area contributed by atoms with Crippen LogP contribution >= 0.6 is 23.4 Å². The van der Waals surface area contributed by atoms with Crippen molar-refractivity contribution in [1.82, 2.24) is 4.90 Å². The molecule has 1 heterocycles. The zero-order valence-electron chi connectivity index (χ0n) is 13.6. The molecule has 1 aliphatic heterocycles. The van der Waals surface area contributed by atoms with Crippen LogP contribution in [-0.2, 0) is 14.3 Å². The number of rotatable bonds is 6. The molecule has 6 heteroatoms. The number of nitrogens with zero attached hydrogens (tertiary/aromatic N) is 1. The van der Waals surface area contributed by atoms with E-state index in [0.29, 0.717) is 22.1 Å². The molecule has 2 aromatic carbocycles. The van der Waals surface area contributed by atoms with Crippen molar-refractivity contribution in [3.8, 4) is 0 Å². The summed E-state index contributed by atoms with van der Waals surface area (Å²) in [5.74, 6) is -0.578. The second kappa shape index (κ2) is 7.87. The molecular weight excluding hydrogens is 358 g/mol. The minimum atomic E-state index is -0.291. The molecule has 0 saturated carbocycles. The van der Waals surface area contributed by atoms with Crippen molar-refractivity contribution in [2.45, 2.75) is 4.90 Å². The lowest BCUT2D eigenvalue weighted by Crippen LogP contribution is -2.34. The van der Waals surface area contributed by atoms with E-state index in [1.54, 1.807) is 19.2 Å². The highest BCUT2D eigenvalue weighted by molar-refractivity contribution is 8.04. The molecule has 0 radical (unpaired) electrons. The first-order valence-corrected chi connectivity index (χ1v) is 8.89. The maximum absolute atomic E-state index is 12.8. The first kappa shape index (κ1) is 17.7. The van der Waals surface area contributed by atoms with E-state index in [-0.39, 0.29) is 18.4 Å². The highest BCUT2D eigenvalue weighted by Crippen LogP contribution is 2.39. The SMILES string of the molecule is COCCN1C(=O)C(Sc2ccc(Cl)cc2)=C(c2ccccc2)C1=O. The molecule has 0 atom stereocenters. The second-order valence-corrected chi connectivity index (χ2v) is 6.90. The van der Waals surface area contributed by atoms with Crippen molar-refractivity contribution in [2.75, 3.05) is 20.3 Å². The average molecular weight is 374 g/mol. The Morgan fingerprint density at radius 3 is 2.32 bits per heavy atom. The number of amides is 2. The van der Waals surface area contributed by atoms with E-state index in [2.05, 4.69) is 0 Å². The highest BCUT2D eigenvalue weighted by atomic mass is 35.5. The Morgan fingerprint density at radius 2 is 1.68 bits per heavy atom. The second-order valence-electron chi connectivity index (χ2n) is 5.38. The number of carbonyl (C=O) groups excluding carboxylic acids is 2. The van der Waals surface area contributed by atoms with Crippen LogP contribution in [0.25, 0.3) is 5.57 Å². The molecule has 0 saturated heterocycles. The number of halogens is 1. The van der Waals surface area contributed by atoms with Gasteiger partial charge in [0.25, 0.3) is 11.8 Å². The van der Waals surface area contributed by atoms with E-state index in [1.165, 1.54) is 16.7 Å². The summed E-state index contributed by atoms with van der Waals surface area (Å²) in [6, 6.07) is 16.4. The zero-order valence-corrected chi connectivity index (χ0v) is 15.1. The van der Waals surface area contributed by atoms with Gasteiger partial charge in [-0.3, -0.25) is 14.5 Å². The van der Waals surface area contributed by atoms with Gasteiger partial charge in [0.2, 0.25) is 0 Å². The van der Waals surface area contributed by atoms with Gasteiger partial charge >= 0.3 is 0 Å². The molecule has 3 rings (SSSR count). The van der Waals surface area contributed by atoms with Crippen LogP contribution in [0.3, 0.4) is 0 Å². The van der Waals surface area contributed by atoms with Crippen LogP contribution < -0.4 is 0 Å². The first-order valence-electron chi connectivity index (χ1n) is 7.70. The van der Waals surface area contributed by atoms with Crippen LogP contribution in [0, 0.1) is 0 Å². The van der Waals surface area contributed by atoms with Gasteiger partial charge in [0.1, 0.15) is 0 Å². The maximum Gasteiger partial charge on any atom is 0.268 e. The average Bonchev–Trinajstić information content (AvgIpc) is 2.86. The topological polar surface area (TPSA) is 46.6 Å². The fraction of sp³-hybridized carbons (Fsp3) is 0.158. The van der Waals surface area contributed by atoms with Crippen LogP contribution in [0.5, 0.6) is 0 Å². The molecule has 4 nitrogen and oxygen atoms in total. The Morgan fingerprint density at radius 1 is 1.00 bits per heavy atom. The number of imide groups is 1. The monoisotopic (exact) mass is 373 g/mol. The summed E-state index contributed by atoms with van der Waals surface area (Å²) in [5, 5.41) is 0.622. The van der Waals surface area contributed by atoms with Crippen LogP contribution in [0.1, 0.15) is 5.56 Å². The molecule has 0 fully saturated rings. The minimum Gasteiger partial charge on any atom is -0.383 e. The summed E-state index contributed by atoms with van der Waals surface area (Å²) in [4.78, 5) is 28.2. The minimum absolute atomic E-state index is 0.231. The van der Waals surface area contributed by atoms with Gasteiger partial charge in [0, 0.05) is 17.0 Å². The van der Waals surface area contributed by atoms with E-state index in [0.717, 1.165) is 10.5 Å². The lowest BCUT2D eigenvalue weighted by atomic mass is 10.1. The van der Waals surface area contributed by atoms with Crippen LogP contribution in [0.15, 0.2) is 64.4 Å². The zero-order chi connectivity index (χ0) is 17.8. The molecule has 128 valence electrons. The molecular formula is C19H16ClNO3S. The summed E-state index contributed by atoms with van der Waals surface area (Å²) < 4.78 is 5.02. The van der Waals surface area contributed by atoms with Gasteiger partial charge in [-0.25, -0.2) is 0 Å². The summed E-state index contributed by atoms with van der Waals surface area (Å²) in [5.41, 5.74) is 1.17. The van der Waals surface area contributed by atoms with E-state index >= 15 is 0 Å². The van der Waals surface area contributed by atoms with Crippen LogP contribution in [0.4, 0.5) is 0 Å². The summed E-state index contributed by atoms with van der Waals surface area (Å²) in [6.45, 7) is 0.535. The Balaban J connectivity index is 2.00. The molecule has 0 unspecified atom stereocenters. The fourth-order valence-electron chi connectivity index (χ4n) is 2.51. The van der Waals surface area contributed by atoms with E-state index in [1.807, 2.05) is 42.5 Å². The first-order chi connectivity index (χ1) is 12.1. The van der Waals surface area contributed by atoms with Crippen molar-refractivity contribution < 1.29 is 14.3 Å². The van der Waals surface area contributed by atoms with Gasteiger partial charge in [0.15, 0.2) is 0 Å². The normalized spacial score (nSPS) is 14.6. The number of thioether (sulfide) groups is 1. The molecule has 2 aromatic rings. The number of ether oxygens (including phenoxy) is 1. The highest BCUT2D eigenvalue weighted by Gasteiger charge is 2.39. The van der Waals surface area contributed by atoms with Gasteiger partial charge in [0.05, 0.1) is 23.6 Å². The molecule has 0 N–H and O–H groups in total. The van der Waals surface area contributed by atoms with E-state index < -0.39 is 0 Å². The lowest BCUT2D eigenvalue weighted by molar-refractivity contribution is -0.137. The third-order valence-electron chi connectivity index (χ3n) is 3.74. The number of benzene rings is 2. The van der Waals surface area contributed by atoms with Crippen LogP contribution in [0.2, 0.25) is 5.02 Å². The molecule has 0 aromatic heterocycles. The predicted molar refractivity (Wildman–Crippen MR) is 99.3 cm³/mol. The Kier molecular flexibility index (Phi) is 5.58. The summed E-state index contributed by atoms with van der Waals surface area (Å²) in [6.07, 6.45) is 0. The summed E-state index contributed by atoms with van der Waals surface area (Å²) >= 11 is 7.20. The van der Waals surface area contributed by atoms with Crippen LogP contribution in [-0.4, -0.2) is 37.0 Å². The maximum atomic E-state index is 12.8. The van der Waals surface area contributed by atoms with Crippen molar-refractivity contribution in [1.29, 1.82) is 0 Å². The molecule has 0 bridgehead atoms. The van der Waals surface area contributed by atoms with E-state index in [4.69, 9.17) is 16.3 Å². The molecule has 0 spiro atoms. The number of hydrogen-bond donors (Lipinski definition) is 0. The quantitative estimate of drug-likeness (QED) is 0.721. The number of carbonyl (C=O) groups is 2. The van der Waals surface area contributed by atoms with E-state index in [9.17, 15) is 9.59 Å². The number of methoxy groups -OCH3 is 1. The van der Waals surface area contributed by atoms with Crippen molar-refractivity contribution in [3.63, 3.8) is 0 Å². The molecule has 0 aliphatic carbocycles. The molecule has 2 amide bonds. The number of hydrogen-bond acceptors (Lipinski definition) is 4. The van der Waals surface area contributed by atoms with Gasteiger partial charge in [-0.1, -0.05) is 53.7 Å². The van der Waals surface area contributed by atoms with Gasteiger partial charge < -0.3 is 4.74 Å². The smallest absolute Gasteiger partial charge is 0.268 e. The third kappa shape index (κ3) is 3.79. The Labute approximate surface area is 155 Å². The Hall–Kier alpha value is -2.08. The van der Waals surface area contributed by atoms with Gasteiger partial charge in [-0.2, -0.15) is 0 Å². The van der Waals surface area contributed by atoms with Crippen molar-refractivity contribution in [2.24, 2.45) is 0 Å². The molecule has 1 aliphatic rings. The molecule has 25 heavy (non-hydrogen) atoms. The standard InChI is InChI=1S/C19H16ClNO3S/c1-24-12-11-21-18(22)16(13-5-3-2-4-6-13)17(19(21)23)25-15-9-7-14(20)8-10-15/h2-10H,11-12H2,1H3. The van der Waals surface area contributed by atoms with Gasteiger partial charge in [-0.15, -0.1) is 0 Å².